The third kappa shape index (κ3) is 3.76. The molecule has 1 aliphatic heterocycles. The number of hydrogen-bond acceptors (Lipinski definition) is 4. The quantitative estimate of drug-likeness (QED) is 0.931. The van der Waals surface area contributed by atoms with Crippen LogP contribution in [0.1, 0.15) is 22.0 Å². The van der Waals surface area contributed by atoms with Gasteiger partial charge in [0, 0.05) is 17.8 Å². The van der Waals surface area contributed by atoms with Crippen LogP contribution >= 0.6 is 0 Å². The average molecular weight is 338 g/mol. The lowest BCUT2D eigenvalue weighted by molar-refractivity contribution is -0.154. The minimum absolute atomic E-state index is 0.196. The molecule has 126 valence electrons. The maximum Gasteiger partial charge on any atom is 0.422 e. The van der Waals surface area contributed by atoms with E-state index < -0.39 is 18.7 Å². The number of pyridine rings is 1. The van der Waals surface area contributed by atoms with Gasteiger partial charge in [-0.15, -0.1) is 0 Å². The Labute approximate surface area is 135 Å². The van der Waals surface area contributed by atoms with Gasteiger partial charge in [-0.25, -0.2) is 4.98 Å². The minimum atomic E-state index is -4.44. The van der Waals surface area contributed by atoms with Crippen molar-refractivity contribution in [3.05, 3.63) is 53.7 Å². The molecular formula is C16H13F3N2O3. The molecule has 1 aromatic heterocycles. The normalized spacial score (nSPS) is 16.2. The maximum atomic E-state index is 12.2. The first-order valence-corrected chi connectivity index (χ1v) is 7.10. The molecule has 0 saturated heterocycles. The molecule has 2 heterocycles. The van der Waals surface area contributed by atoms with Crippen LogP contribution < -0.4 is 14.8 Å². The Morgan fingerprint density at radius 3 is 2.79 bits per heavy atom. The predicted octanol–water partition coefficient (Wildman–Crippen LogP) is 2.89. The summed E-state index contributed by atoms with van der Waals surface area (Å²) in [5, 5.41) is 2.80. The highest BCUT2D eigenvalue weighted by atomic mass is 19.4. The summed E-state index contributed by atoms with van der Waals surface area (Å²) in [7, 11) is 0. The molecule has 0 saturated carbocycles. The number of fused-ring (bicyclic) bond motifs is 1. The zero-order valence-electron chi connectivity index (χ0n) is 12.3. The largest absolute Gasteiger partial charge is 0.491 e. The molecular weight excluding hydrogens is 325 g/mol. The van der Waals surface area contributed by atoms with Gasteiger partial charge in [0.1, 0.15) is 12.4 Å². The lowest BCUT2D eigenvalue weighted by Crippen LogP contribution is -2.29. The van der Waals surface area contributed by atoms with Gasteiger partial charge in [-0.05, 0) is 12.1 Å². The van der Waals surface area contributed by atoms with Crippen molar-refractivity contribution in [1.29, 1.82) is 0 Å². The highest BCUT2D eigenvalue weighted by molar-refractivity contribution is 5.94. The van der Waals surface area contributed by atoms with Crippen LogP contribution in [0.5, 0.6) is 11.6 Å². The number of rotatable bonds is 4. The SMILES string of the molecule is O=C(N[C@@H]1COc2ccccc21)c1ccc(OCC(F)(F)F)nc1. The Balaban J connectivity index is 1.62. The predicted molar refractivity (Wildman–Crippen MR) is 77.9 cm³/mol. The number of amides is 1. The molecule has 1 aliphatic rings. The lowest BCUT2D eigenvalue weighted by atomic mass is 10.1. The second kappa shape index (κ2) is 6.38. The summed E-state index contributed by atoms with van der Waals surface area (Å²) in [4.78, 5) is 15.9. The maximum absolute atomic E-state index is 12.2. The van der Waals surface area contributed by atoms with E-state index in [2.05, 4.69) is 15.0 Å². The molecule has 0 bridgehead atoms. The highest BCUT2D eigenvalue weighted by Crippen LogP contribution is 2.31. The van der Waals surface area contributed by atoms with Crippen LogP contribution in [0, 0.1) is 0 Å². The summed E-state index contributed by atoms with van der Waals surface area (Å²) in [5.74, 6) is 0.130. The van der Waals surface area contributed by atoms with Gasteiger partial charge in [0.05, 0.1) is 11.6 Å². The number of carbonyl (C=O) groups excluding carboxylic acids is 1. The molecule has 0 aliphatic carbocycles. The van der Waals surface area contributed by atoms with Gasteiger partial charge < -0.3 is 14.8 Å². The molecule has 0 fully saturated rings. The summed E-state index contributed by atoms with van der Waals surface area (Å²) in [5.41, 5.74) is 1.10. The Morgan fingerprint density at radius 2 is 2.08 bits per heavy atom. The number of nitrogens with zero attached hydrogens (tertiary/aromatic N) is 1. The summed E-state index contributed by atoms with van der Waals surface area (Å²) in [6.07, 6.45) is -3.27. The molecule has 1 aromatic carbocycles. The average Bonchev–Trinajstić information content (AvgIpc) is 2.96. The number of carbonyl (C=O) groups is 1. The van der Waals surface area contributed by atoms with Crippen LogP contribution in [-0.4, -0.2) is 30.3 Å². The molecule has 3 rings (SSSR count). The smallest absolute Gasteiger partial charge is 0.422 e. The number of para-hydroxylation sites is 1. The van der Waals surface area contributed by atoms with Crippen LogP contribution in [0.4, 0.5) is 13.2 Å². The van der Waals surface area contributed by atoms with Gasteiger partial charge in [0.25, 0.3) is 5.91 Å². The molecule has 0 spiro atoms. The van der Waals surface area contributed by atoms with Crippen LogP contribution in [0.2, 0.25) is 0 Å². The topological polar surface area (TPSA) is 60.5 Å². The molecule has 0 unspecified atom stereocenters. The van der Waals surface area contributed by atoms with Crippen molar-refractivity contribution in [2.45, 2.75) is 12.2 Å². The van der Waals surface area contributed by atoms with E-state index in [4.69, 9.17) is 4.74 Å². The summed E-state index contributed by atoms with van der Waals surface area (Å²) in [6, 6.07) is 9.66. The molecule has 1 N–H and O–H groups in total. The Bertz CT molecular complexity index is 732. The van der Waals surface area contributed by atoms with E-state index in [0.29, 0.717) is 6.61 Å². The van der Waals surface area contributed by atoms with Gasteiger partial charge in [-0.3, -0.25) is 4.79 Å². The molecule has 1 atom stereocenters. The molecule has 2 aromatic rings. The van der Waals surface area contributed by atoms with Crippen molar-refractivity contribution >= 4 is 5.91 Å². The van der Waals surface area contributed by atoms with Gasteiger partial charge in [0.15, 0.2) is 6.61 Å². The number of alkyl halides is 3. The van der Waals surface area contributed by atoms with Crippen molar-refractivity contribution in [1.82, 2.24) is 10.3 Å². The molecule has 0 radical (unpaired) electrons. The van der Waals surface area contributed by atoms with Gasteiger partial charge in [0.2, 0.25) is 5.88 Å². The summed E-state index contributed by atoms with van der Waals surface area (Å²) < 4.78 is 46.2. The van der Waals surface area contributed by atoms with Crippen molar-refractivity contribution in [2.24, 2.45) is 0 Å². The number of nitrogens with one attached hydrogen (secondary N) is 1. The van der Waals surface area contributed by atoms with E-state index in [1.807, 2.05) is 24.3 Å². The van der Waals surface area contributed by atoms with Crippen LogP contribution in [0.25, 0.3) is 0 Å². The monoisotopic (exact) mass is 338 g/mol. The molecule has 8 heteroatoms. The zero-order chi connectivity index (χ0) is 17.2. The Hall–Kier alpha value is -2.77. The van der Waals surface area contributed by atoms with E-state index in [-0.39, 0.29) is 17.5 Å². The number of ether oxygens (including phenoxy) is 2. The van der Waals surface area contributed by atoms with Crippen LogP contribution in [-0.2, 0) is 0 Å². The zero-order valence-corrected chi connectivity index (χ0v) is 12.3. The van der Waals surface area contributed by atoms with Gasteiger partial charge >= 0.3 is 6.18 Å². The summed E-state index contributed by atoms with van der Waals surface area (Å²) >= 11 is 0. The number of aromatic nitrogens is 1. The standard InChI is InChI=1S/C16H13F3N2O3/c17-16(18,19)9-24-14-6-5-10(7-20-14)15(22)21-12-8-23-13-4-2-1-3-11(12)13/h1-7,12H,8-9H2,(H,21,22)/t12-/m1/s1. The first-order chi connectivity index (χ1) is 11.4. The fourth-order valence-corrected chi connectivity index (χ4v) is 2.28. The van der Waals surface area contributed by atoms with E-state index >= 15 is 0 Å². The van der Waals surface area contributed by atoms with E-state index in [1.54, 1.807) is 0 Å². The third-order valence-corrected chi connectivity index (χ3v) is 3.39. The molecule has 1 amide bonds. The fraction of sp³-hybridized carbons (Fsp3) is 0.250. The van der Waals surface area contributed by atoms with Crippen LogP contribution in [0.15, 0.2) is 42.6 Å². The third-order valence-electron chi connectivity index (χ3n) is 3.39. The first-order valence-electron chi connectivity index (χ1n) is 7.10. The minimum Gasteiger partial charge on any atom is -0.491 e. The van der Waals surface area contributed by atoms with Gasteiger partial charge in [-0.1, -0.05) is 18.2 Å². The molecule has 5 nitrogen and oxygen atoms in total. The Kier molecular flexibility index (Phi) is 4.28. The van der Waals surface area contributed by atoms with Crippen molar-refractivity contribution < 1.29 is 27.4 Å². The summed E-state index contributed by atoms with van der Waals surface area (Å²) in [6.45, 7) is -1.10. The number of halogens is 3. The highest BCUT2D eigenvalue weighted by Gasteiger charge is 2.29. The van der Waals surface area contributed by atoms with E-state index in [0.717, 1.165) is 11.3 Å². The molecule has 24 heavy (non-hydrogen) atoms. The second-order valence-corrected chi connectivity index (χ2v) is 5.16. The van der Waals surface area contributed by atoms with Gasteiger partial charge in [-0.2, -0.15) is 13.2 Å². The van der Waals surface area contributed by atoms with E-state index in [1.165, 1.54) is 18.3 Å². The first kappa shape index (κ1) is 16.1. The van der Waals surface area contributed by atoms with E-state index in [9.17, 15) is 18.0 Å². The van der Waals surface area contributed by atoms with Crippen LogP contribution in [0.3, 0.4) is 0 Å². The van der Waals surface area contributed by atoms with Crippen molar-refractivity contribution in [3.63, 3.8) is 0 Å². The Morgan fingerprint density at radius 1 is 1.29 bits per heavy atom. The lowest BCUT2D eigenvalue weighted by Gasteiger charge is -2.12. The van der Waals surface area contributed by atoms with Crippen molar-refractivity contribution in [2.75, 3.05) is 13.2 Å². The number of hydrogen-bond donors (Lipinski definition) is 1. The second-order valence-electron chi connectivity index (χ2n) is 5.16. The number of benzene rings is 1. The fourth-order valence-electron chi connectivity index (χ4n) is 2.28. The van der Waals surface area contributed by atoms with Crippen molar-refractivity contribution in [3.8, 4) is 11.6 Å².